The maximum atomic E-state index is 13.1. The van der Waals surface area contributed by atoms with E-state index in [4.69, 9.17) is 0 Å². The van der Waals surface area contributed by atoms with Crippen LogP contribution in [-0.2, 0) is 12.7 Å². The molecule has 0 N–H and O–H groups in total. The van der Waals surface area contributed by atoms with Crippen molar-refractivity contribution in [3.63, 3.8) is 0 Å². The van der Waals surface area contributed by atoms with E-state index in [-0.39, 0.29) is 6.54 Å². The zero-order valence-corrected chi connectivity index (χ0v) is 13.8. The molecule has 0 aliphatic carbocycles. The molecule has 24 heavy (non-hydrogen) atoms. The normalized spacial score (nSPS) is 12.0. The third-order valence-corrected chi connectivity index (χ3v) is 3.53. The van der Waals surface area contributed by atoms with Gasteiger partial charge in [-0.1, -0.05) is 0 Å². The second kappa shape index (κ2) is 6.26. The average Bonchev–Trinajstić information content (AvgIpc) is 2.40. The largest absolute Gasteiger partial charge is 0.423 e. The van der Waals surface area contributed by atoms with Gasteiger partial charge in [0.15, 0.2) is 0 Å². The van der Waals surface area contributed by atoms with Crippen LogP contribution in [0.3, 0.4) is 0 Å². The SMILES string of the molecule is Cc1cc(C)nc(Cn2c(=O)c(C(F)(F)F)cn(C(C)C)c2=O)c1. The van der Waals surface area contributed by atoms with Crippen molar-refractivity contribution in [2.24, 2.45) is 0 Å². The van der Waals surface area contributed by atoms with Crippen molar-refractivity contribution in [2.45, 2.75) is 46.5 Å². The second-order valence-electron chi connectivity index (χ2n) is 5.99. The van der Waals surface area contributed by atoms with Gasteiger partial charge in [0.2, 0.25) is 0 Å². The molecule has 0 fully saturated rings. The molecule has 0 atom stereocenters. The minimum Gasteiger partial charge on any atom is -0.297 e. The molecule has 5 nitrogen and oxygen atoms in total. The third-order valence-electron chi connectivity index (χ3n) is 3.53. The van der Waals surface area contributed by atoms with Crippen LogP contribution in [0.2, 0.25) is 0 Å². The van der Waals surface area contributed by atoms with Crippen molar-refractivity contribution >= 4 is 0 Å². The monoisotopic (exact) mass is 341 g/mol. The summed E-state index contributed by atoms with van der Waals surface area (Å²) in [6, 6.07) is 2.92. The Hall–Kier alpha value is -2.38. The van der Waals surface area contributed by atoms with Gasteiger partial charge in [0.25, 0.3) is 5.56 Å². The standard InChI is InChI=1S/C16H18F3N3O2/c1-9(2)21-8-13(16(17,18)19)14(23)22(15(21)24)7-12-6-10(3)5-11(4)20-12/h5-6,8-9H,7H2,1-4H3. The van der Waals surface area contributed by atoms with Crippen LogP contribution in [0.25, 0.3) is 0 Å². The van der Waals surface area contributed by atoms with Gasteiger partial charge in [0.05, 0.1) is 12.2 Å². The van der Waals surface area contributed by atoms with Crippen LogP contribution in [0, 0.1) is 13.8 Å². The average molecular weight is 341 g/mol. The maximum absolute atomic E-state index is 13.1. The van der Waals surface area contributed by atoms with E-state index in [0.717, 1.165) is 10.1 Å². The number of hydrogen-bond acceptors (Lipinski definition) is 3. The van der Waals surface area contributed by atoms with Gasteiger partial charge in [0, 0.05) is 17.9 Å². The lowest BCUT2D eigenvalue weighted by molar-refractivity contribution is -0.139. The Kier molecular flexibility index (Phi) is 4.68. The molecule has 2 aromatic heterocycles. The Balaban J connectivity index is 2.70. The molecule has 2 aromatic rings. The number of pyridine rings is 1. The van der Waals surface area contributed by atoms with Crippen LogP contribution in [-0.4, -0.2) is 14.1 Å². The zero-order valence-electron chi connectivity index (χ0n) is 13.8. The first kappa shape index (κ1) is 18.0. The van der Waals surface area contributed by atoms with Crippen LogP contribution in [0.5, 0.6) is 0 Å². The molecule has 0 spiro atoms. The van der Waals surface area contributed by atoms with E-state index in [9.17, 15) is 22.8 Å². The Bertz CT molecular complexity index is 859. The van der Waals surface area contributed by atoms with E-state index in [1.165, 1.54) is 0 Å². The van der Waals surface area contributed by atoms with Gasteiger partial charge >= 0.3 is 11.9 Å². The van der Waals surface area contributed by atoms with Gasteiger partial charge in [0.1, 0.15) is 5.56 Å². The summed E-state index contributed by atoms with van der Waals surface area (Å²) in [5.74, 6) is 0. The van der Waals surface area contributed by atoms with E-state index in [1.54, 1.807) is 39.8 Å². The minimum absolute atomic E-state index is 0.309. The second-order valence-corrected chi connectivity index (χ2v) is 5.99. The van der Waals surface area contributed by atoms with Crippen molar-refractivity contribution < 1.29 is 13.2 Å². The smallest absolute Gasteiger partial charge is 0.297 e. The maximum Gasteiger partial charge on any atom is 0.423 e. The van der Waals surface area contributed by atoms with Crippen molar-refractivity contribution in [1.82, 2.24) is 14.1 Å². The fourth-order valence-corrected chi connectivity index (χ4v) is 2.49. The molecule has 2 rings (SSSR count). The summed E-state index contributed by atoms with van der Waals surface area (Å²) < 4.78 is 40.9. The highest BCUT2D eigenvalue weighted by Gasteiger charge is 2.36. The van der Waals surface area contributed by atoms with Crippen LogP contribution in [0.1, 0.15) is 42.4 Å². The Morgan fingerprint density at radius 3 is 2.29 bits per heavy atom. The number of nitrogens with zero attached hydrogens (tertiary/aromatic N) is 3. The molecular weight excluding hydrogens is 323 g/mol. The van der Waals surface area contributed by atoms with Crippen molar-refractivity contribution in [2.75, 3.05) is 0 Å². The number of alkyl halides is 3. The summed E-state index contributed by atoms with van der Waals surface area (Å²) >= 11 is 0. The Labute approximate surface area is 136 Å². The molecule has 0 saturated heterocycles. The fourth-order valence-electron chi connectivity index (χ4n) is 2.49. The van der Waals surface area contributed by atoms with E-state index in [2.05, 4.69) is 4.98 Å². The van der Waals surface area contributed by atoms with Crippen molar-refractivity contribution in [1.29, 1.82) is 0 Å². The lowest BCUT2D eigenvalue weighted by Gasteiger charge is -2.16. The number of aromatic nitrogens is 3. The number of halogens is 3. The van der Waals surface area contributed by atoms with E-state index >= 15 is 0 Å². The number of aryl methyl sites for hydroxylation is 2. The lowest BCUT2D eigenvalue weighted by Crippen LogP contribution is -2.44. The molecule has 2 heterocycles. The van der Waals surface area contributed by atoms with E-state index < -0.39 is 29.0 Å². The van der Waals surface area contributed by atoms with Gasteiger partial charge in [-0.2, -0.15) is 13.2 Å². The van der Waals surface area contributed by atoms with Crippen LogP contribution in [0.15, 0.2) is 27.9 Å². The van der Waals surface area contributed by atoms with Gasteiger partial charge < -0.3 is 0 Å². The van der Waals surface area contributed by atoms with Crippen LogP contribution >= 0.6 is 0 Å². The number of hydrogen-bond donors (Lipinski definition) is 0. The molecule has 8 heteroatoms. The quantitative estimate of drug-likeness (QED) is 0.862. The molecule has 130 valence electrons. The zero-order chi connectivity index (χ0) is 18.2. The molecule has 0 aliphatic rings. The third kappa shape index (κ3) is 3.58. The summed E-state index contributed by atoms with van der Waals surface area (Å²) in [5.41, 5.74) is -1.63. The molecule has 0 aromatic carbocycles. The fraction of sp³-hybridized carbons (Fsp3) is 0.438. The molecule has 0 amide bonds. The van der Waals surface area contributed by atoms with Gasteiger partial charge in [-0.15, -0.1) is 0 Å². The van der Waals surface area contributed by atoms with Gasteiger partial charge in [-0.05, 0) is 45.4 Å². The summed E-state index contributed by atoms with van der Waals surface area (Å²) in [6.07, 6.45) is -4.25. The summed E-state index contributed by atoms with van der Waals surface area (Å²) in [4.78, 5) is 28.8. The first-order valence-electron chi connectivity index (χ1n) is 7.38. The first-order chi connectivity index (χ1) is 11.0. The Morgan fingerprint density at radius 1 is 1.17 bits per heavy atom. The van der Waals surface area contributed by atoms with Gasteiger partial charge in [-0.25, -0.2) is 4.79 Å². The molecule has 0 bridgehead atoms. The lowest BCUT2D eigenvalue weighted by atomic mass is 10.2. The van der Waals surface area contributed by atoms with Gasteiger partial charge in [-0.3, -0.25) is 18.9 Å². The Morgan fingerprint density at radius 2 is 1.79 bits per heavy atom. The topological polar surface area (TPSA) is 56.9 Å². The molecule has 0 saturated carbocycles. The highest BCUT2D eigenvalue weighted by Crippen LogP contribution is 2.26. The van der Waals surface area contributed by atoms with Crippen LogP contribution < -0.4 is 11.2 Å². The van der Waals surface area contributed by atoms with Crippen LogP contribution in [0.4, 0.5) is 13.2 Å². The predicted molar refractivity (Wildman–Crippen MR) is 83.2 cm³/mol. The summed E-state index contributed by atoms with van der Waals surface area (Å²) in [5, 5.41) is 0. The highest BCUT2D eigenvalue weighted by atomic mass is 19.4. The first-order valence-corrected chi connectivity index (χ1v) is 7.38. The molecule has 0 unspecified atom stereocenters. The van der Waals surface area contributed by atoms with Crippen molar-refractivity contribution in [3.05, 3.63) is 61.7 Å². The van der Waals surface area contributed by atoms with Crippen molar-refractivity contribution in [3.8, 4) is 0 Å². The summed E-state index contributed by atoms with van der Waals surface area (Å²) in [6.45, 7) is 6.38. The van der Waals surface area contributed by atoms with E-state index in [0.29, 0.717) is 22.2 Å². The summed E-state index contributed by atoms with van der Waals surface area (Å²) in [7, 11) is 0. The molecule has 0 aliphatic heterocycles. The highest BCUT2D eigenvalue weighted by molar-refractivity contribution is 5.20. The molecular formula is C16H18F3N3O2. The number of rotatable bonds is 3. The predicted octanol–water partition coefficient (Wildman–Crippen LogP) is 2.67. The van der Waals surface area contributed by atoms with E-state index in [1.807, 2.05) is 0 Å². The minimum atomic E-state index is -4.83. The molecule has 0 radical (unpaired) electrons.